The number of carbonyl (C=O) groups is 1. The Morgan fingerprint density at radius 3 is 2.96 bits per heavy atom. The van der Waals surface area contributed by atoms with E-state index in [1.165, 1.54) is 30.8 Å². The van der Waals surface area contributed by atoms with Crippen molar-refractivity contribution < 1.29 is 9.21 Å². The molecule has 1 N–H and O–H groups in total. The van der Waals surface area contributed by atoms with Crippen LogP contribution in [0.5, 0.6) is 0 Å². The van der Waals surface area contributed by atoms with Crippen molar-refractivity contribution in [2.24, 2.45) is 0 Å². The van der Waals surface area contributed by atoms with E-state index >= 15 is 0 Å². The van der Waals surface area contributed by atoms with Crippen molar-refractivity contribution in [2.45, 2.75) is 24.0 Å². The van der Waals surface area contributed by atoms with Crippen molar-refractivity contribution in [3.63, 3.8) is 0 Å². The number of nitrogens with one attached hydrogen (secondary N) is 1. The summed E-state index contributed by atoms with van der Waals surface area (Å²) in [5.41, 5.74) is 0.204. The number of nitrogens with zero attached hydrogens (tertiary/aromatic N) is 3. The standard InChI is InChI=1S/C16H19ClN4O2S/c1-24-16-19-9-11(17)14(20-16)15(22)18-10-12(13-5-4-8-23-13)21-6-2-3-7-21/h4-5,8-9,12H,2-3,6-7,10H2,1H3,(H,18,22)/t12-/m1/s1. The lowest BCUT2D eigenvalue weighted by Crippen LogP contribution is -2.37. The first-order valence-corrected chi connectivity index (χ1v) is 9.41. The van der Waals surface area contributed by atoms with Crippen LogP contribution in [0, 0.1) is 0 Å². The highest BCUT2D eigenvalue weighted by atomic mass is 35.5. The van der Waals surface area contributed by atoms with Gasteiger partial charge in [0.05, 0.1) is 23.5 Å². The average molecular weight is 367 g/mol. The van der Waals surface area contributed by atoms with Crippen LogP contribution in [0.15, 0.2) is 34.2 Å². The molecule has 2 aromatic heterocycles. The van der Waals surface area contributed by atoms with Crippen molar-refractivity contribution >= 4 is 29.3 Å². The van der Waals surface area contributed by atoms with Crippen molar-refractivity contribution in [3.8, 4) is 0 Å². The Morgan fingerprint density at radius 2 is 2.29 bits per heavy atom. The minimum absolute atomic E-state index is 0.0204. The number of hydrogen-bond donors (Lipinski definition) is 1. The largest absolute Gasteiger partial charge is 0.468 e. The minimum atomic E-state index is -0.298. The first-order valence-electron chi connectivity index (χ1n) is 7.81. The molecule has 1 aliphatic heterocycles. The molecule has 24 heavy (non-hydrogen) atoms. The number of likely N-dealkylation sites (tertiary alicyclic amines) is 1. The van der Waals surface area contributed by atoms with Gasteiger partial charge in [-0.3, -0.25) is 9.69 Å². The second-order valence-corrected chi connectivity index (χ2v) is 6.72. The molecule has 3 rings (SSSR count). The maximum absolute atomic E-state index is 12.5. The molecule has 8 heteroatoms. The zero-order valence-corrected chi connectivity index (χ0v) is 14.9. The fraction of sp³-hybridized carbons (Fsp3) is 0.438. The Kier molecular flexibility index (Phi) is 5.76. The molecule has 1 amide bonds. The highest BCUT2D eigenvalue weighted by molar-refractivity contribution is 7.98. The van der Waals surface area contributed by atoms with Gasteiger partial charge in [0, 0.05) is 6.54 Å². The molecule has 3 heterocycles. The van der Waals surface area contributed by atoms with Crippen LogP contribution in [0.3, 0.4) is 0 Å². The van der Waals surface area contributed by atoms with Crippen LogP contribution in [0.4, 0.5) is 0 Å². The van der Waals surface area contributed by atoms with Gasteiger partial charge in [-0.15, -0.1) is 0 Å². The van der Waals surface area contributed by atoms with E-state index in [1.807, 2.05) is 18.4 Å². The highest BCUT2D eigenvalue weighted by Crippen LogP contribution is 2.25. The number of hydrogen-bond acceptors (Lipinski definition) is 6. The van der Waals surface area contributed by atoms with Gasteiger partial charge in [0.2, 0.25) is 0 Å². The van der Waals surface area contributed by atoms with Crippen LogP contribution < -0.4 is 5.32 Å². The lowest BCUT2D eigenvalue weighted by molar-refractivity contribution is 0.0928. The van der Waals surface area contributed by atoms with E-state index in [4.69, 9.17) is 16.0 Å². The zero-order chi connectivity index (χ0) is 16.9. The molecule has 0 spiro atoms. The molecule has 1 atom stereocenters. The van der Waals surface area contributed by atoms with E-state index in [9.17, 15) is 4.79 Å². The maximum Gasteiger partial charge on any atom is 0.271 e. The summed E-state index contributed by atoms with van der Waals surface area (Å²) in [5.74, 6) is 0.559. The van der Waals surface area contributed by atoms with Crippen LogP contribution in [0.2, 0.25) is 5.02 Å². The Hall–Kier alpha value is -1.57. The summed E-state index contributed by atoms with van der Waals surface area (Å²) in [7, 11) is 0. The smallest absolute Gasteiger partial charge is 0.271 e. The minimum Gasteiger partial charge on any atom is -0.468 e. The van der Waals surface area contributed by atoms with Crippen molar-refractivity contribution in [1.82, 2.24) is 20.2 Å². The van der Waals surface area contributed by atoms with Gasteiger partial charge in [0.25, 0.3) is 5.91 Å². The average Bonchev–Trinajstić information content (AvgIpc) is 3.29. The number of halogens is 1. The topological polar surface area (TPSA) is 71.3 Å². The SMILES string of the molecule is CSc1ncc(Cl)c(C(=O)NC[C@H](c2ccco2)N2CCCC2)n1. The van der Waals surface area contributed by atoms with Gasteiger partial charge in [-0.1, -0.05) is 23.4 Å². The summed E-state index contributed by atoms with van der Waals surface area (Å²) in [6.07, 6.45) is 7.30. The predicted molar refractivity (Wildman–Crippen MR) is 93.4 cm³/mol. The molecule has 0 saturated carbocycles. The fourth-order valence-electron chi connectivity index (χ4n) is 2.83. The number of furan rings is 1. The third kappa shape index (κ3) is 3.91. The van der Waals surface area contributed by atoms with Crippen LogP contribution in [0.1, 0.15) is 35.1 Å². The molecule has 1 aliphatic rings. The summed E-state index contributed by atoms with van der Waals surface area (Å²) in [6, 6.07) is 3.83. The molecule has 0 aliphatic carbocycles. The molecule has 0 radical (unpaired) electrons. The first kappa shape index (κ1) is 17.3. The molecule has 6 nitrogen and oxygen atoms in total. The number of amides is 1. The van der Waals surface area contributed by atoms with E-state index in [-0.39, 0.29) is 22.7 Å². The Bertz CT molecular complexity index is 689. The molecule has 1 saturated heterocycles. The van der Waals surface area contributed by atoms with E-state index in [0.717, 1.165) is 18.8 Å². The highest BCUT2D eigenvalue weighted by Gasteiger charge is 2.26. The van der Waals surface area contributed by atoms with Crippen LogP contribution >= 0.6 is 23.4 Å². The fourth-order valence-corrected chi connectivity index (χ4v) is 3.34. The molecule has 2 aromatic rings. The molecule has 0 bridgehead atoms. The van der Waals surface area contributed by atoms with E-state index in [0.29, 0.717) is 11.7 Å². The summed E-state index contributed by atoms with van der Waals surface area (Å²) in [6.45, 7) is 2.46. The predicted octanol–water partition coefficient (Wildman–Crippen LogP) is 3.01. The second kappa shape index (κ2) is 8.00. The molecule has 128 valence electrons. The molecular weight excluding hydrogens is 348 g/mol. The number of carbonyl (C=O) groups excluding carboxylic acids is 1. The van der Waals surface area contributed by atoms with Crippen molar-refractivity contribution in [2.75, 3.05) is 25.9 Å². The van der Waals surface area contributed by atoms with Crippen molar-refractivity contribution in [3.05, 3.63) is 41.1 Å². The monoisotopic (exact) mass is 366 g/mol. The third-order valence-corrected chi connectivity index (χ3v) is 4.87. The number of aromatic nitrogens is 2. The molecular formula is C16H19ClN4O2S. The van der Waals surface area contributed by atoms with Gasteiger partial charge in [0.15, 0.2) is 10.9 Å². The van der Waals surface area contributed by atoms with Crippen LogP contribution in [0.25, 0.3) is 0 Å². The number of rotatable bonds is 6. The number of thioether (sulfide) groups is 1. The third-order valence-electron chi connectivity index (χ3n) is 4.03. The van der Waals surface area contributed by atoms with Gasteiger partial charge < -0.3 is 9.73 Å². The molecule has 1 fully saturated rings. The first-order chi connectivity index (χ1) is 11.7. The summed E-state index contributed by atoms with van der Waals surface area (Å²) >= 11 is 7.43. The van der Waals surface area contributed by atoms with E-state index in [1.54, 1.807) is 6.26 Å². The summed E-state index contributed by atoms with van der Waals surface area (Å²) in [4.78, 5) is 23.1. The Morgan fingerprint density at radius 1 is 1.50 bits per heavy atom. The second-order valence-electron chi connectivity index (χ2n) is 5.54. The van der Waals surface area contributed by atoms with E-state index in [2.05, 4.69) is 20.2 Å². The quantitative estimate of drug-likeness (QED) is 0.626. The van der Waals surface area contributed by atoms with Gasteiger partial charge in [0.1, 0.15) is 5.76 Å². The maximum atomic E-state index is 12.5. The van der Waals surface area contributed by atoms with Crippen molar-refractivity contribution in [1.29, 1.82) is 0 Å². The Labute approximate surface area is 150 Å². The lowest BCUT2D eigenvalue weighted by Gasteiger charge is -2.26. The zero-order valence-electron chi connectivity index (χ0n) is 13.4. The van der Waals surface area contributed by atoms with Gasteiger partial charge in [-0.05, 0) is 44.3 Å². The van der Waals surface area contributed by atoms with Gasteiger partial charge in [-0.2, -0.15) is 0 Å². The summed E-state index contributed by atoms with van der Waals surface area (Å²) in [5, 5.41) is 3.70. The molecule has 0 unspecified atom stereocenters. The van der Waals surface area contributed by atoms with Crippen LogP contribution in [-0.2, 0) is 0 Å². The van der Waals surface area contributed by atoms with Gasteiger partial charge >= 0.3 is 0 Å². The normalized spacial score (nSPS) is 16.2. The Balaban J connectivity index is 1.71. The molecule has 0 aromatic carbocycles. The summed E-state index contributed by atoms with van der Waals surface area (Å²) < 4.78 is 5.56. The van der Waals surface area contributed by atoms with Gasteiger partial charge in [-0.25, -0.2) is 9.97 Å². The van der Waals surface area contributed by atoms with Crippen LogP contribution in [-0.4, -0.2) is 46.7 Å². The van der Waals surface area contributed by atoms with E-state index < -0.39 is 0 Å². The lowest BCUT2D eigenvalue weighted by atomic mass is 10.2.